The van der Waals surface area contributed by atoms with Gasteiger partial charge in [0.15, 0.2) is 0 Å². The first kappa shape index (κ1) is 19.2. The highest BCUT2D eigenvalue weighted by atomic mass is 16.2. The van der Waals surface area contributed by atoms with E-state index in [0.717, 1.165) is 58.4 Å². The summed E-state index contributed by atoms with van der Waals surface area (Å²) in [5, 5.41) is 3.32. The van der Waals surface area contributed by atoms with Gasteiger partial charge in [-0.3, -0.25) is 0 Å². The van der Waals surface area contributed by atoms with E-state index in [4.69, 9.17) is 0 Å². The second kappa shape index (κ2) is 8.87. The van der Waals surface area contributed by atoms with Crippen LogP contribution in [0.15, 0.2) is 24.3 Å². The molecule has 1 saturated heterocycles. The molecule has 0 spiro atoms. The molecule has 26 heavy (non-hydrogen) atoms. The maximum absolute atomic E-state index is 12.9. The predicted molar refractivity (Wildman–Crippen MR) is 106 cm³/mol. The van der Waals surface area contributed by atoms with Gasteiger partial charge in [0.25, 0.3) is 0 Å². The van der Waals surface area contributed by atoms with Crippen LogP contribution in [0, 0.1) is 0 Å². The molecule has 1 aromatic carbocycles. The van der Waals surface area contributed by atoms with E-state index in [-0.39, 0.29) is 6.03 Å². The highest BCUT2D eigenvalue weighted by molar-refractivity contribution is 5.75. The molecule has 5 nitrogen and oxygen atoms in total. The van der Waals surface area contributed by atoms with Crippen molar-refractivity contribution >= 4 is 6.03 Å². The van der Waals surface area contributed by atoms with Crippen LogP contribution < -0.4 is 5.32 Å². The van der Waals surface area contributed by atoms with E-state index in [1.807, 2.05) is 0 Å². The van der Waals surface area contributed by atoms with Crippen LogP contribution in [0.1, 0.15) is 37.3 Å². The number of carbonyl (C=O) groups is 1. The van der Waals surface area contributed by atoms with Crippen molar-refractivity contribution in [3.8, 4) is 0 Å². The normalized spacial score (nSPS) is 21.7. The van der Waals surface area contributed by atoms with Crippen LogP contribution in [0.4, 0.5) is 4.79 Å². The Balaban J connectivity index is 1.52. The number of rotatable bonds is 5. The Morgan fingerprint density at radius 1 is 1.19 bits per heavy atom. The first-order chi connectivity index (χ1) is 12.6. The number of nitrogens with one attached hydrogen (secondary N) is 1. The van der Waals surface area contributed by atoms with Gasteiger partial charge in [-0.05, 0) is 50.9 Å². The quantitative estimate of drug-likeness (QED) is 0.879. The van der Waals surface area contributed by atoms with Crippen molar-refractivity contribution in [3.63, 3.8) is 0 Å². The molecule has 0 radical (unpaired) electrons. The molecule has 2 aliphatic heterocycles. The Morgan fingerprint density at radius 2 is 1.88 bits per heavy atom. The Labute approximate surface area is 158 Å². The third-order valence-electron chi connectivity index (χ3n) is 5.87. The van der Waals surface area contributed by atoms with E-state index in [2.05, 4.69) is 65.3 Å². The SMILES string of the molecule is CCC1Cc2ccccc2CN1C(=O)NC1CCN(CCN(C)C)CC1. The van der Waals surface area contributed by atoms with Gasteiger partial charge in [0, 0.05) is 44.8 Å². The lowest BCUT2D eigenvalue weighted by Gasteiger charge is -2.39. The largest absolute Gasteiger partial charge is 0.335 e. The summed E-state index contributed by atoms with van der Waals surface area (Å²) >= 11 is 0. The van der Waals surface area contributed by atoms with Crippen LogP contribution in [0.2, 0.25) is 0 Å². The van der Waals surface area contributed by atoms with Crippen molar-refractivity contribution in [2.24, 2.45) is 0 Å². The molecular weight excluding hydrogens is 324 g/mol. The van der Waals surface area contributed by atoms with Crippen molar-refractivity contribution < 1.29 is 4.79 Å². The van der Waals surface area contributed by atoms with Gasteiger partial charge in [-0.2, -0.15) is 0 Å². The zero-order valence-electron chi connectivity index (χ0n) is 16.6. The van der Waals surface area contributed by atoms with Gasteiger partial charge in [0.1, 0.15) is 0 Å². The van der Waals surface area contributed by atoms with Gasteiger partial charge in [-0.1, -0.05) is 31.2 Å². The highest BCUT2D eigenvalue weighted by Gasteiger charge is 2.30. The van der Waals surface area contributed by atoms with Crippen molar-refractivity contribution in [2.75, 3.05) is 40.3 Å². The number of piperidine rings is 1. The van der Waals surface area contributed by atoms with Crippen molar-refractivity contribution in [2.45, 2.75) is 51.2 Å². The Hall–Kier alpha value is -1.59. The summed E-state index contributed by atoms with van der Waals surface area (Å²) in [5.74, 6) is 0. The standard InChI is InChI=1S/C21H34N4O/c1-4-20-15-17-7-5-6-8-18(17)16-25(20)21(26)22-19-9-11-24(12-10-19)14-13-23(2)3/h5-8,19-20H,4,9-16H2,1-3H3,(H,22,26). The smallest absolute Gasteiger partial charge is 0.318 e. The van der Waals surface area contributed by atoms with Gasteiger partial charge < -0.3 is 20.0 Å². The van der Waals surface area contributed by atoms with Crippen molar-refractivity contribution in [1.82, 2.24) is 20.0 Å². The zero-order chi connectivity index (χ0) is 18.5. The van der Waals surface area contributed by atoms with Crippen LogP contribution in [0.25, 0.3) is 0 Å². The van der Waals surface area contributed by atoms with E-state index in [1.54, 1.807) is 0 Å². The molecule has 2 aliphatic rings. The number of hydrogen-bond donors (Lipinski definition) is 1. The average Bonchev–Trinajstić information content (AvgIpc) is 2.66. The Bertz CT molecular complexity index is 595. The third-order valence-corrected chi connectivity index (χ3v) is 5.87. The molecular formula is C21H34N4O. The molecule has 1 unspecified atom stereocenters. The summed E-state index contributed by atoms with van der Waals surface area (Å²) in [5.41, 5.74) is 2.70. The van der Waals surface area contributed by atoms with Gasteiger partial charge in [-0.15, -0.1) is 0 Å². The molecule has 2 amide bonds. The Morgan fingerprint density at radius 3 is 2.54 bits per heavy atom. The molecule has 2 heterocycles. The summed E-state index contributed by atoms with van der Waals surface area (Å²) in [6.45, 7) is 7.30. The number of fused-ring (bicyclic) bond motifs is 1. The molecule has 3 rings (SSSR count). The summed E-state index contributed by atoms with van der Waals surface area (Å²) in [7, 11) is 4.24. The number of urea groups is 1. The fraction of sp³-hybridized carbons (Fsp3) is 0.667. The van der Waals surface area contributed by atoms with Gasteiger partial charge >= 0.3 is 6.03 Å². The molecule has 0 aliphatic carbocycles. The minimum Gasteiger partial charge on any atom is -0.335 e. The van der Waals surface area contributed by atoms with E-state index in [1.165, 1.54) is 11.1 Å². The Kier molecular flexibility index (Phi) is 6.54. The summed E-state index contributed by atoms with van der Waals surface area (Å²) in [6, 6.07) is 9.29. The molecule has 0 bridgehead atoms. The summed E-state index contributed by atoms with van der Waals surface area (Å²) in [4.78, 5) is 19.7. The van der Waals surface area contributed by atoms with Crippen LogP contribution >= 0.6 is 0 Å². The maximum atomic E-state index is 12.9. The molecule has 0 aromatic heterocycles. The lowest BCUT2D eigenvalue weighted by molar-refractivity contribution is 0.144. The second-order valence-electron chi connectivity index (χ2n) is 8.03. The lowest BCUT2D eigenvalue weighted by Crippen LogP contribution is -2.53. The van der Waals surface area contributed by atoms with Crippen molar-refractivity contribution in [1.29, 1.82) is 0 Å². The number of benzene rings is 1. The zero-order valence-corrected chi connectivity index (χ0v) is 16.6. The number of carbonyl (C=O) groups excluding carboxylic acids is 1. The van der Waals surface area contributed by atoms with Gasteiger partial charge in [0.2, 0.25) is 0 Å². The minimum atomic E-state index is 0.123. The molecule has 1 fully saturated rings. The molecule has 0 saturated carbocycles. The van der Waals surface area contributed by atoms with Crippen molar-refractivity contribution in [3.05, 3.63) is 35.4 Å². The predicted octanol–water partition coefficient (Wildman–Crippen LogP) is 2.56. The van der Waals surface area contributed by atoms with Crippen LogP contribution in [-0.2, 0) is 13.0 Å². The fourth-order valence-electron chi connectivity index (χ4n) is 4.09. The maximum Gasteiger partial charge on any atom is 0.318 e. The first-order valence-corrected chi connectivity index (χ1v) is 10.1. The lowest BCUT2D eigenvalue weighted by atomic mass is 9.93. The summed E-state index contributed by atoms with van der Waals surface area (Å²) in [6.07, 6.45) is 4.09. The minimum absolute atomic E-state index is 0.123. The monoisotopic (exact) mass is 358 g/mol. The molecule has 1 N–H and O–H groups in total. The number of hydrogen-bond acceptors (Lipinski definition) is 3. The van der Waals surface area contributed by atoms with Crippen LogP contribution in [0.5, 0.6) is 0 Å². The van der Waals surface area contributed by atoms with Crippen LogP contribution in [0.3, 0.4) is 0 Å². The van der Waals surface area contributed by atoms with E-state index in [0.29, 0.717) is 12.1 Å². The second-order valence-corrected chi connectivity index (χ2v) is 8.03. The molecule has 1 atom stereocenters. The molecule has 1 aromatic rings. The number of likely N-dealkylation sites (tertiary alicyclic amines) is 1. The average molecular weight is 359 g/mol. The molecule has 5 heteroatoms. The fourth-order valence-corrected chi connectivity index (χ4v) is 4.09. The van der Waals surface area contributed by atoms with E-state index >= 15 is 0 Å². The third kappa shape index (κ3) is 4.77. The van der Waals surface area contributed by atoms with E-state index < -0.39 is 0 Å². The number of nitrogens with zero attached hydrogens (tertiary/aromatic N) is 3. The number of amides is 2. The van der Waals surface area contributed by atoms with Gasteiger partial charge in [0.05, 0.1) is 0 Å². The molecule has 144 valence electrons. The van der Waals surface area contributed by atoms with Gasteiger partial charge in [-0.25, -0.2) is 4.79 Å². The van der Waals surface area contributed by atoms with Crippen LogP contribution in [-0.4, -0.2) is 73.1 Å². The summed E-state index contributed by atoms with van der Waals surface area (Å²) < 4.78 is 0. The number of likely N-dealkylation sites (N-methyl/N-ethyl adjacent to an activating group) is 1. The van der Waals surface area contributed by atoms with E-state index in [9.17, 15) is 4.79 Å². The highest BCUT2D eigenvalue weighted by Crippen LogP contribution is 2.25. The first-order valence-electron chi connectivity index (χ1n) is 10.1. The topological polar surface area (TPSA) is 38.8 Å².